The Hall–Kier alpha value is -0.970. The molecule has 86 valence electrons. The zero-order chi connectivity index (χ0) is 10.6. The molecule has 0 unspecified atom stereocenters. The zero-order valence-corrected chi connectivity index (χ0v) is 9.46. The van der Waals surface area contributed by atoms with E-state index in [9.17, 15) is 5.11 Å². The van der Waals surface area contributed by atoms with E-state index in [0.29, 0.717) is 18.9 Å². The second-order valence-electron chi connectivity index (χ2n) is 3.00. The lowest BCUT2D eigenvalue weighted by atomic mass is 10.1. The molecule has 1 aromatic rings. The van der Waals surface area contributed by atoms with Crippen molar-refractivity contribution < 1.29 is 9.84 Å². The van der Waals surface area contributed by atoms with Crippen LogP contribution in [-0.4, -0.2) is 18.3 Å². The Labute approximate surface area is 95.6 Å². The van der Waals surface area contributed by atoms with Gasteiger partial charge in [-0.05, 0) is 24.6 Å². The number of phenols is 1. The van der Waals surface area contributed by atoms with Gasteiger partial charge in [0.1, 0.15) is 0 Å². The van der Waals surface area contributed by atoms with Crippen LogP contribution in [0.2, 0.25) is 0 Å². The van der Waals surface area contributed by atoms with E-state index in [2.05, 4.69) is 0 Å². The second kappa shape index (κ2) is 6.50. The van der Waals surface area contributed by atoms with E-state index in [1.165, 1.54) is 0 Å². The third-order valence-corrected chi connectivity index (χ3v) is 1.97. The predicted octanol–water partition coefficient (Wildman–Crippen LogP) is 1.17. The molecule has 1 aromatic carbocycles. The summed E-state index contributed by atoms with van der Waals surface area (Å²) in [5.41, 5.74) is 12.1. The minimum atomic E-state index is -0.213. The fourth-order valence-corrected chi connectivity index (χ4v) is 1.17. The fourth-order valence-electron chi connectivity index (χ4n) is 1.17. The maximum atomic E-state index is 9.42. The molecule has 0 aliphatic carbocycles. The van der Waals surface area contributed by atoms with Crippen LogP contribution < -0.4 is 16.2 Å². The largest absolute Gasteiger partial charge is 0.504 e. The number of aromatic hydroxyl groups is 1. The summed E-state index contributed by atoms with van der Waals surface area (Å²) in [7, 11) is 0. The van der Waals surface area contributed by atoms with Crippen molar-refractivity contribution in [1.29, 1.82) is 0 Å². The second-order valence-corrected chi connectivity index (χ2v) is 3.00. The molecular weight excluding hydrogens is 216 g/mol. The number of benzene rings is 1. The van der Waals surface area contributed by atoms with Crippen LogP contribution >= 0.6 is 12.4 Å². The highest BCUT2D eigenvalue weighted by Crippen LogP contribution is 2.28. The number of hydrogen-bond donors (Lipinski definition) is 3. The number of nitrogens with two attached hydrogens (primary N) is 2. The molecule has 0 heterocycles. The molecule has 5 N–H and O–H groups in total. The molecule has 0 aliphatic rings. The Morgan fingerprint density at radius 2 is 2.13 bits per heavy atom. The average molecular weight is 233 g/mol. The lowest BCUT2D eigenvalue weighted by Gasteiger charge is -2.12. The first-order valence-electron chi connectivity index (χ1n) is 4.60. The van der Waals surface area contributed by atoms with Gasteiger partial charge in [0.25, 0.3) is 0 Å². The van der Waals surface area contributed by atoms with Crippen molar-refractivity contribution in [2.75, 3.05) is 13.2 Å². The first-order chi connectivity index (χ1) is 6.69. The molecule has 0 bridgehead atoms. The van der Waals surface area contributed by atoms with Crippen LogP contribution in [0.25, 0.3) is 0 Å². The summed E-state index contributed by atoms with van der Waals surface area (Å²) in [6.07, 6.45) is 0. The highest BCUT2D eigenvalue weighted by molar-refractivity contribution is 5.85. The number of ether oxygens (including phenoxy) is 1. The molecule has 1 rings (SSSR count). The number of rotatable bonds is 4. The van der Waals surface area contributed by atoms with Crippen molar-refractivity contribution >= 4 is 12.4 Å². The minimum Gasteiger partial charge on any atom is -0.504 e. The summed E-state index contributed by atoms with van der Waals surface area (Å²) in [5, 5.41) is 9.42. The van der Waals surface area contributed by atoms with Gasteiger partial charge in [-0.15, -0.1) is 12.4 Å². The standard InChI is InChI=1S/C10H16N2O2.ClH/c1-2-14-10-5-7(8(12)6-11)3-4-9(10)13;/h3-5,8,13H,2,6,11-12H2,1H3;1H/t8-;/m0./s1. The Morgan fingerprint density at radius 1 is 1.47 bits per heavy atom. The van der Waals surface area contributed by atoms with Gasteiger partial charge in [-0.2, -0.15) is 0 Å². The summed E-state index contributed by atoms with van der Waals surface area (Å²) < 4.78 is 5.23. The van der Waals surface area contributed by atoms with Crippen LogP contribution in [0.1, 0.15) is 18.5 Å². The SMILES string of the molecule is CCOc1cc([C@@H](N)CN)ccc1O.Cl. The van der Waals surface area contributed by atoms with Gasteiger partial charge in [-0.25, -0.2) is 0 Å². The van der Waals surface area contributed by atoms with Crippen molar-refractivity contribution in [1.82, 2.24) is 0 Å². The number of phenolic OH excluding ortho intramolecular Hbond substituents is 1. The first kappa shape index (κ1) is 14.0. The van der Waals surface area contributed by atoms with E-state index in [1.807, 2.05) is 6.92 Å². The molecule has 1 atom stereocenters. The predicted molar refractivity (Wildman–Crippen MR) is 62.5 cm³/mol. The highest BCUT2D eigenvalue weighted by atomic mass is 35.5. The summed E-state index contributed by atoms with van der Waals surface area (Å²) in [6.45, 7) is 2.74. The van der Waals surface area contributed by atoms with E-state index >= 15 is 0 Å². The monoisotopic (exact) mass is 232 g/mol. The van der Waals surface area contributed by atoms with Crippen molar-refractivity contribution in [3.05, 3.63) is 23.8 Å². The van der Waals surface area contributed by atoms with Gasteiger partial charge in [-0.3, -0.25) is 0 Å². The fraction of sp³-hybridized carbons (Fsp3) is 0.400. The van der Waals surface area contributed by atoms with Crippen molar-refractivity contribution in [3.8, 4) is 11.5 Å². The minimum absolute atomic E-state index is 0. The summed E-state index contributed by atoms with van der Waals surface area (Å²) >= 11 is 0. The normalized spacial score (nSPS) is 11.7. The average Bonchev–Trinajstić information content (AvgIpc) is 2.20. The van der Waals surface area contributed by atoms with Crippen LogP contribution in [-0.2, 0) is 0 Å². The lowest BCUT2D eigenvalue weighted by molar-refractivity contribution is 0.317. The van der Waals surface area contributed by atoms with E-state index in [-0.39, 0.29) is 24.2 Å². The quantitative estimate of drug-likeness (QED) is 0.728. The molecule has 0 aromatic heterocycles. The zero-order valence-electron chi connectivity index (χ0n) is 8.64. The molecule has 0 aliphatic heterocycles. The Bertz CT molecular complexity index is 307. The van der Waals surface area contributed by atoms with E-state index < -0.39 is 0 Å². The van der Waals surface area contributed by atoms with Gasteiger partial charge in [0.05, 0.1) is 6.61 Å². The van der Waals surface area contributed by atoms with Gasteiger partial charge < -0.3 is 21.3 Å². The molecule has 4 nitrogen and oxygen atoms in total. The van der Waals surface area contributed by atoms with Crippen molar-refractivity contribution in [3.63, 3.8) is 0 Å². The van der Waals surface area contributed by atoms with Crippen molar-refractivity contribution in [2.24, 2.45) is 11.5 Å². The van der Waals surface area contributed by atoms with Gasteiger partial charge in [0.2, 0.25) is 0 Å². The number of halogens is 1. The molecule has 0 fully saturated rings. The van der Waals surface area contributed by atoms with Gasteiger partial charge in [-0.1, -0.05) is 6.07 Å². The highest BCUT2D eigenvalue weighted by Gasteiger charge is 2.08. The Kier molecular flexibility index (Phi) is 6.08. The molecule has 15 heavy (non-hydrogen) atoms. The Balaban J connectivity index is 0.00000196. The molecule has 0 saturated carbocycles. The Morgan fingerprint density at radius 3 is 2.67 bits per heavy atom. The van der Waals surface area contributed by atoms with E-state index in [4.69, 9.17) is 16.2 Å². The van der Waals surface area contributed by atoms with Crippen LogP contribution in [0, 0.1) is 0 Å². The third-order valence-electron chi connectivity index (χ3n) is 1.97. The summed E-state index contributed by atoms with van der Waals surface area (Å²) in [4.78, 5) is 0. The van der Waals surface area contributed by atoms with Gasteiger partial charge >= 0.3 is 0 Å². The smallest absolute Gasteiger partial charge is 0.161 e. The maximum absolute atomic E-state index is 9.42. The van der Waals surface area contributed by atoms with Crippen LogP contribution in [0.5, 0.6) is 11.5 Å². The topological polar surface area (TPSA) is 81.5 Å². The van der Waals surface area contributed by atoms with Crippen LogP contribution in [0.4, 0.5) is 0 Å². The van der Waals surface area contributed by atoms with Crippen LogP contribution in [0.3, 0.4) is 0 Å². The molecule has 5 heteroatoms. The molecule has 0 radical (unpaired) electrons. The van der Waals surface area contributed by atoms with Gasteiger partial charge in [0.15, 0.2) is 11.5 Å². The molecule has 0 saturated heterocycles. The van der Waals surface area contributed by atoms with Gasteiger partial charge in [0, 0.05) is 12.6 Å². The van der Waals surface area contributed by atoms with E-state index in [1.54, 1.807) is 18.2 Å². The van der Waals surface area contributed by atoms with Crippen molar-refractivity contribution in [2.45, 2.75) is 13.0 Å². The molecular formula is C10H17ClN2O2. The van der Waals surface area contributed by atoms with Crippen LogP contribution in [0.15, 0.2) is 18.2 Å². The number of hydrogen-bond acceptors (Lipinski definition) is 4. The first-order valence-corrected chi connectivity index (χ1v) is 4.60. The van der Waals surface area contributed by atoms with E-state index in [0.717, 1.165) is 5.56 Å². The third kappa shape index (κ3) is 3.58. The molecule has 0 amide bonds. The summed E-state index contributed by atoms with van der Waals surface area (Å²) in [5.74, 6) is 0.578. The maximum Gasteiger partial charge on any atom is 0.161 e. The molecule has 0 spiro atoms. The lowest BCUT2D eigenvalue weighted by Crippen LogP contribution is -2.20. The summed E-state index contributed by atoms with van der Waals surface area (Å²) in [6, 6.07) is 4.82.